The minimum Gasteiger partial charge on any atom is -0.206 e. The lowest BCUT2D eigenvalue weighted by atomic mass is 9.98. The van der Waals surface area contributed by atoms with Crippen LogP contribution in [-0.2, 0) is 0 Å². The maximum absolute atomic E-state index is 14.3. The molecular formula is C18H13F3. The Balaban J connectivity index is 2.33. The topological polar surface area (TPSA) is 0 Å². The van der Waals surface area contributed by atoms with Crippen molar-refractivity contribution in [3.8, 4) is 11.1 Å². The highest BCUT2D eigenvalue weighted by atomic mass is 19.2. The van der Waals surface area contributed by atoms with Gasteiger partial charge in [0.15, 0.2) is 11.6 Å². The maximum atomic E-state index is 14.3. The lowest BCUT2D eigenvalue weighted by molar-refractivity contribution is 0.513. The standard InChI is InChI=1S/C18H13F3/c1-10-3-6-12(7-4-10)14-9-13-8-5-11(2)16(19)15(13)18(21)17(14)20/h3-9H,1-2H3. The van der Waals surface area contributed by atoms with Crippen LogP contribution in [0.1, 0.15) is 11.1 Å². The van der Waals surface area contributed by atoms with Crippen molar-refractivity contribution in [2.75, 3.05) is 0 Å². The fraction of sp³-hybridized carbons (Fsp3) is 0.111. The Morgan fingerprint density at radius 2 is 1.38 bits per heavy atom. The average Bonchev–Trinajstić information content (AvgIpc) is 2.47. The molecule has 3 aromatic rings. The number of fused-ring (bicyclic) bond motifs is 1. The second kappa shape index (κ2) is 4.92. The van der Waals surface area contributed by atoms with Gasteiger partial charge in [-0.3, -0.25) is 0 Å². The van der Waals surface area contributed by atoms with Crippen LogP contribution in [-0.4, -0.2) is 0 Å². The predicted octanol–water partition coefficient (Wildman–Crippen LogP) is 5.54. The first-order valence-corrected chi connectivity index (χ1v) is 6.63. The molecule has 0 atom stereocenters. The van der Waals surface area contributed by atoms with E-state index in [1.807, 2.05) is 19.1 Å². The van der Waals surface area contributed by atoms with Gasteiger partial charge in [-0.25, -0.2) is 13.2 Å². The molecule has 0 N–H and O–H groups in total. The summed E-state index contributed by atoms with van der Waals surface area (Å²) in [6, 6.07) is 11.8. The molecule has 0 amide bonds. The SMILES string of the molecule is Cc1ccc(-c2cc3ccc(C)c(F)c3c(F)c2F)cc1. The van der Waals surface area contributed by atoms with Crippen LogP contribution in [0.4, 0.5) is 13.2 Å². The predicted molar refractivity (Wildman–Crippen MR) is 78.7 cm³/mol. The molecule has 0 bridgehead atoms. The highest BCUT2D eigenvalue weighted by Crippen LogP contribution is 2.33. The summed E-state index contributed by atoms with van der Waals surface area (Å²) < 4.78 is 42.6. The minimum atomic E-state index is -1.13. The van der Waals surface area contributed by atoms with Gasteiger partial charge < -0.3 is 0 Å². The summed E-state index contributed by atoms with van der Waals surface area (Å²) in [4.78, 5) is 0. The molecule has 0 heterocycles. The summed E-state index contributed by atoms with van der Waals surface area (Å²) >= 11 is 0. The quantitative estimate of drug-likeness (QED) is 0.551. The summed E-state index contributed by atoms with van der Waals surface area (Å²) in [6.07, 6.45) is 0. The first-order chi connectivity index (χ1) is 9.99. The van der Waals surface area contributed by atoms with Crippen molar-refractivity contribution in [3.05, 3.63) is 71.0 Å². The Bertz CT molecular complexity index is 833. The molecule has 0 nitrogen and oxygen atoms in total. The van der Waals surface area contributed by atoms with Crippen LogP contribution in [0.15, 0.2) is 42.5 Å². The third-order valence-electron chi connectivity index (χ3n) is 3.68. The van der Waals surface area contributed by atoms with Gasteiger partial charge in [0.2, 0.25) is 0 Å². The number of halogens is 3. The zero-order valence-electron chi connectivity index (χ0n) is 11.7. The molecule has 3 heteroatoms. The summed E-state index contributed by atoms with van der Waals surface area (Å²) in [7, 11) is 0. The molecule has 0 aromatic heterocycles. The van der Waals surface area contributed by atoms with Crippen LogP contribution < -0.4 is 0 Å². The molecule has 0 saturated carbocycles. The molecule has 0 radical (unpaired) electrons. The molecule has 21 heavy (non-hydrogen) atoms. The lowest BCUT2D eigenvalue weighted by Crippen LogP contribution is -1.96. The maximum Gasteiger partial charge on any atom is 0.170 e. The van der Waals surface area contributed by atoms with Gasteiger partial charge in [-0.05, 0) is 36.4 Å². The number of hydrogen-bond donors (Lipinski definition) is 0. The number of rotatable bonds is 1. The normalized spacial score (nSPS) is 11.1. The van der Waals surface area contributed by atoms with Crippen molar-refractivity contribution in [1.82, 2.24) is 0 Å². The largest absolute Gasteiger partial charge is 0.206 e. The highest BCUT2D eigenvalue weighted by Gasteiger charge is 2.18. The zero-order valence-corrected chi connectivity index (χ0v) is 11.7. The molecular weight excluding hydrogens is 273 g/mol. The number of benzene rings is 3. The van der Waals surface area contributed by atoms with Crippen molar-refractivity contribution in [2.45, 2.75) is 13.8 Å². The molecule has 0 fully saturated rings. The van der Waals surface area contributed by atoms with Crippen LogP contribution in [0.2, 0.25) is 0 Å². The summed E-state index contributed by atoms with van der Waals surface area (Å²) in [6.45, 7) is 3.44. The fourth-order valence-corrected chi connectivity index (χ4v) is 2.43. The van der Waals surface area contributed by atoms with Gasteiger partial charge in [-0.15, -0.1) is 0 Å². The molecule has 0 aliphatic rings. The van der Waals surface area contributed by atoms with Crippen molar-refractivity contribution in [2.24, 2.45) is 0 Å². The van der Waals surface area contributed by atoms with Crippen LogP contribution in [0.25, 0.3) is 21.9 Å². The minimum absolute atomic E-state index is 0.142. The van der Waals surface area contributed by atoms with Gasteiger partial charge in [-0.2, -0.15) is 0 Å². The van der Waals surface area contributed by atoms with Crippen LogP contribution >= 0.6 is 0 Å². The first-order valence-electron chi connectivity index (χ1n) is 6.63. The van der Waals surface area contributed by atoms with Gasteiger partial charge in [0.1, 0.15) is 5.82 Å². The molecule has 0 aliphatic carbocycles. The molecule has 0 unspecified atom stereocenters. The number of aryl methyl sites for hydroxylation is 2. The van der Waals surface area contributed by atoms with Gasteiger partial charge >= 0.3 is 0 Å². The molecule has 3 aromatic carbocycles. The van der Waals surface area contributed by atoms with E-state index >= 15 is 0 Å². The summed E-state index contributed by atoms with van der Waals surface area (Å²) in [5.41, 5.74) is 2.04. The summed E-state index contributed by atoms with van der Waals surface area (Å²) in [5.74, 6) is -2.86. The Morgan fingerprint density at radius 1 is 0.714 bits per heavy atom. The van der Waals surface area contributed by atoms with Crippen molar-refractivity contribution >= 4 is 10.8 Å². The Kier molecular flexibility index (Phi) is 3.20. The second-order valence-electron chi connectivity index (χ2n) is 5.21. The van der Waals surface area contributed by atoms with Crippen molar-refractivity contribution in [1.29, 1.82) is 0 Å². The number of hydrogen-bond acceptors (Lipinski definition) is 0. The van der Waals surface area contributed by atoms with E-state index in [0.29, 0.717) is 16.5 Å². The average molecular weight is 286 g/mol. The van der Waals surface area contributed by atoms with E-state index in [9.17, 15) is 13.2 Å². The Hall–Kier alpha value is -2.29. The zero-order chi connectivity index (χ0) is 15.1. The Morgan fingerprint density at radius 3 is 2.05 bits per heavy atom. The smallest absolute Gasteiger partial charge is 0.170 e. The van der Waals surface area contributed by atoms with E-state index in [-0.39, 0.29) is 10.9 Å². The van der Waals surface area contributed by atoms with Crippen molar-refractivity contribution in [3.63, 3.8) is 0 Å². The Labute approximate surface area is 120 Å². The van der Waals surface area contributed by atoms with Crippen LogP contribution in [0, 0.1) is 31.3 Å². The van der Waals surface area contributed by atoms with Gasteiger partial charge in [0, 0.05) is 5.56 Å². The summed E-state index contributed by atoms with van der Waals surface area (Å²) in [5, 5.41) is 0.0657. The lowest BCUT2D eigenvalue weighted by Gasteiger charge is -2.10. The molecule has 0 aliphatic heterocycles. The molecule has 0 spiro atoms. The van der Waals surface area contributed by atoms with Crippen LogP contribution in [0.3, 0.4) is 0 Å². The third-order valence-corrected chi connectivity index (χ3v) is 3.68. The molecule has 3 rings (SSSR count). The van der Waals surface area contributed by atoms with Gasteiger partial charge in [0.25, 0.3) is 0 Å². The third kappa shape index (κ3) is 2.19. The fourth-order valence-electron chi connectivity index (χ4n) is 2.43. The van der Waals surface area contributed by atoms with Gasteiger partial charge in [0.05, 0.1) is 5.39 Å². The van der Waals surface area contributed by atoms with Gasteiger partial charge in [-0.1, -0.05) is 42.0 Å². The van der Waals surface area contributed by atoms with E-state index in [1.54, 1.807) is 24.3 Å². The van der Waals surface area contributed by atoms with E-state index in [2.05, 4.69) is 0 Å². The highest BCUT2D eigenvalue weighted by molar-refractivity contribution is 5.89. The van der Waals surface area contributed by atoms with E-state index in [4.69, 9.17) is 0 Å². The van der Waals surface area contributed by atoms with E-state index in [0.717, 1.165) is 5.56 Å². The van der Waals surface area contributed by atoms with E-state index < -0.39 is 17.5 Å². The molecule has 0 saturated heterocycles. The van der Waals surface area contributed by atoms with Crippen LogP contribution in [0.5, 0.6) is 0 Å². The first kappa shape index (κ1) is 13.7. The van der Waals surface area contributed by atoms with Crippen molar-refractivity contribution < 1.29 is 13.2 Å². The van der Waals surface area contributed by atoms with E-state index in [1.165, 1.54) is 13.0 Å². The molecule has 106 valence electrons. The second-order valence-corrected chi connectivity index (χ2v) is 5.21. The monoisotopic (exact) mass is 286 g/mol.